The smallest absolute Gasteiger partial charge is 0.410 e. The van der Waals surface area contributed by atoms with Crippen LogP contribution in [0, 0.1) is 5.92 Å². The lowest BCUT2D eigenvalue weighted by Gasteiger charge is -2.34. The summed E-state index contributed by atoms with van der Waals surface area (Å²) in [5, 5.41) is 0. The van der Waals surface area contributed by atoms with Gasteiger partial charge in [0.2, 0.25) is 5.91 Å². The van der Waals surface area contributed by atoms with Gasteiger partial charge in [0.25, 0.3) is 0 Å². The van der Waals surface area contributed by atoms with E-state index in [1.807, 2.05) is 52.1 Å². The number of para-hydroxylation sites is 1. The molecule has 0 radical (unpaired) electrons. The van der Waals surface area contributed by atoms with Crippen LogP contribution in [0.5, 0.6) is 5.75 Å². The summed E-state index contributed by atoms with van der Waals surface area (Å²) in [6.07, 6.45) is 1.81. The molecule has 0 unspecified atom stereocenters. The van der Waals surface area contributed by atoms with Crippen molar-refractivity contribution in [3.05, 3.63) is 29.8 Å². The number of likely N-dealkylation sites (tertiary alicyclic amines) is 1. The summed E-state index contributed by atoms with van der Waals surface area (Å²) in [5.41, 5.74) is 0.599. The van der Waals surface area contributed by atoms with E-state index in [0.717, 1.165) is 17.7 Å². The van der Waals surface area contributed by atoms with Gasteiger partial charge in [0.05, 0.1) is 7.11 Å². The Balaban J connectivity index is 1.82. The fourth-order valence-electron chi connectivity index (χ4n) is 3.26. The summed E-state index contributed by atoms with van der Waals surface area (Å²) >= 11 is 0. The highest BCUT2D eigenvalue weighted by atomic mass is 16.6. The molecule has 150 valence electrons. The van der Waals surface area contributed by atoms with E-state index in [9.17, 15) is 9.59 Å². The third kappa shape index (κ3) is 6.15. The van der Waals surface area contributed by atoms with E-state index in [0.29, 0.717) is 32.5 Å². The van der Waals surface area contributed by atoms with E-state index < -0.39 is 5.60 Å². The Morgan fingerprint density at radius 2 is 1.81 bits per heavy atom. The van der Waals surface area contributed by atoms with Crippen LogP contribution in [0.25, 0.3) is 0 Å². The van der Waals surface area contributed by atoms with E-state index in [4.69, 9.17) is 9.47 Å². The first-order chi connectivity index (χ1) is 12.7. The number of amides is 2. The number of piperidine rings is 1. The Bertz CT molecular complexity index is 646. The molecule has 1 saturated heterocycles. The Hall–Kier alpha value is -2.24. The number of likely N-dealkylation sites (N-methyl/N-ethyl adjacent to an activating group) is 1. The number of rotatable bonds is 5. The lowest BCUT2D eigenvalue weighted by molar-refractivity contribution is -0.135. The molecule has 6 heteroatoms. The van der Waals surface area contributed by atoms with Gasteiger partial charge in [0.1, 0.15) is 11.4 Å². The first kappa shape index (κ1) is 21.1. The van der Waals surface area contributed by atoms with Gasteiger partial charge in [-0.15, -0.1) is 0 Å². The number of methoxy groups -OCH3 is 1. The van der Waals surface area contributed by atoms with E-state index in [1.54, 1.807) is 16.9 Å². The molecule has 1 heterocycles. The second kappa shape index (κ2) is 9.11. The van der Waals surface area contributed by atoms with Crippen molar-refractivity contribution in [2.24, 2.45) is 5.92 Å². The maximum absolute atomic E-state index is 12.7. The van der Waals surface area contributed by atoms with Crippen molar-refractivity contribution in [3.63, 3.8) is 0 Å². The maximum Gasteiger partial charge on any atom is 0.410 e. The van der Waals surface area contributed by atoms with Crippen molar-refractivity contribution in [1.29, 1.82) is 0 Å². The average molecular weight is 376 g/mol. The summed E-state index contributed by atoms with van der Waals surface area (Å²) in [7, 11) is 3.50. The lowest BCUT2D eigenvalue weighted by Crippen LogP contribution is -2.45. The number of ether oxygens (including phenoxy) is 2. The van der Waals surface area contributed by atoms with E-state index in [2.05, 4.69) is 0 Å². The fourth-order valence-corrected chi connectivity index (χ4v) is 3.26. The van der Waals surface area contributed by atoms with Crippen molar-refractivity contribution < 1.29 is 19.1 Å². The third-order valence-corrected chi connectivity index (χ3v) is 4.78. The quantitative estimate of drug-likeness (QED) is 0.791. The normalized spacial score (nSPS) is 15.4. The van der Waals surface area contributed by atoms with Crippen LogP contribution in [-0.4, -0.2) is 61.2 Å². The first-order valence-electron chi connectivity index (χ1n) is 9.56. The molecule has 27 heavy (non-hydrogen) atoms. The zero-order valence-electron chi connectivity index (χ0n) is 17.2. The van der Waals surface area contributed by atoms with Crippen molar-refractivity contribution in [3.8, 4) is 5.75 Å². The van der Waals surface area contributed by atoms with Crippen LogP contribution in [0.3, 0.4) is 0 Å². The van der Waals surface area contributed by atoms with Crippen molar-refractivity contribution in [1.82, 2.24) is 9.80 Å². The van der Waals surface area contributed by atoms with Crippen molar-refractivity contribution >= 4 is 12.0 Å². The topological polar surface area (TPSA) is 59.1 Å². The van der Waals surface area contributed by atoms with Gasteiger partial charge in [-0.2, -0.15) is 0 Å². The van der Waals surface area contributed by atoms with Gasteiger partial charge in [-0.05, 0) is 51.7 Å². The molecule has 0 atom stereocenters. The van der Waals surface area contributed by atoms with Crippen molar-refractivity contribution in [2.45, 2.75) is 45.6 Å². The molecule has 2 rings (SSSR count). The Kier molecular flexibility index (Phi) is 7.11. The van der Waals surface area contributed by atoms with E-state index in [-0.39, 0.29) is 17.9 Å². The second-order valence-corrected chi connectivity index (χ2v) is 8.06. The molecule has 1 aromatic rings. The number of benzene rings is 1. The van der Waals surface area contributed by atoms with Gasteiger partial charge in [-0.25, -0.2) is 4.79 Å². The summed E-state index contributed by atoms with van der Waals surface area (Å²) in [5.74, 6) is 0.962. The summed E-state index contributed by atoms with van der Waals surface area (Å²) in [4.78, 5) is 28.4. The maximum atomic E-state index is 12.7. The number of hydrogen-bond donors (Lipinski definition) is 0. The molecule has 1 aliphatic heterocycles. The Morgan fingerprint density at radius 3 is 2.41 bits per heavy atom. The molecule has 0 saturated carbocycles. The third-order valence-electron chi connectivity index (χ3n) is 4.78. The van der Waals surface area contributed by atoms with Gasteiger partial charge in [-0.3, -0.25) is 4.79 Å². The summed E-state index contributed by atoms with van der Waals surface area (Å²) in [6.45, 7) is 7.34. The molecule has 6 nitrogen and oxygen atoms in total. The number of hydrogen-bond acceptors (Lipinski definition) is 4. The minimum atomic E-state index is -0.498. The van der Waals surface area contributed by atoms with Crippen LogP contribution in [0.2, 0.25) is 0 Å². The zero-order valence-corrected chi connectivity index (χ0v) is 17.2. The Labute approximate surface area is 162 Å². The van der Waals surface area contributed by atoms with E-state index in [1.165, 1.54) is 0 Å². The molecule has 1 fully saturated rings. The molecular formula is C21H32N2O4. The summed E-state index contributed by atoms with van der Waals surface area (Å²) in [6, 6.07) is 7.88. The van der Waals surface area contributed by atoms with Crippen LogP contribution in [0.1, 0.15) is 39.2 Å². The molecule has 1 aromatic carbocycles. The van der Waals surface area contributed by atoms with Crippen molar-refractivity contribution in [2.75, 3.05) is 33.8 Å². The number of carbonyl (C=O) groups excluding carboxylic acids is 2. The minimum absolute atomic E-state index is 0.0358. The molecular weight excluding hydrogens is 344 g/mol. The van der Waals surface area contributed by atoms with Crippen LogP contribution in [-0.2, 0) is 16.0 Å². The highest BCUT2D eigenvalue weighted by molar-refractivity contribution is 5.79. The molecule has 0 aromatic heterocycles. The van der Waals surface area contributed by atoms with Crippen LogP contribution in [0.4, 0.5) is 4.79 Å². The van der Waals surface area contributed by atoms with Gasteiger partial charge in [0, 0.05) is 32.6 Å². The van der Waals surface area contributed by atoms with Crippen LogP contribution >= 0.6 is 0 Å². The lowest BCUT2D eigenvalue weighted by atomic mass is 9.95. The van der Waals surface area contributed by atoms with E-state index >= 15 is 0 Å². The van der Waals surface area contributed by atoms with Gasteiger partial charge in [-0.1, -0.05) is 18.2 Å². The molecule has 0 bridgehead atoms. The fraction of sp³-hybridized carbons (Fsp3) is 0.619. The van der Waals surface area contributed by atoms with Gasteiger partial charge >= 0.3 is 6.09 Å². The minimum Gasteiger partial charge on any atom is -0.496 e. The van der Waals surface area contributed by atoms with Gasteiger partial charge in [0.15, 0.2) is 0 Å². The summed E-state index contributed by atoms with van der Waals surface area (Å²) < 4.78 is 10.8. The predicted molar refractivity (Wildman–Crippen MR) is 105 cm³/mol. The largest absolute Gasteiger partial charge is 0.496 e. The van der Waals surface area contributed by atoms with Crippen LogP contribution in [0.15, 0.2) is 24.3 Å². The standard InChI is InChI=1S/C21H32N2O4/c1-21(2,3)27-20(25)23-14-11-17(12-15-23)19(24)22(4)13-10-16-8-6-7-9-18(16)26-5/h6-9,17H,10-15H2,1-5H3. The molecule has 1 aliphatic rings. The SMILES string of the molecule is COc1ccccc1CCN(C)C(=O)C1CCN(C(=O)OC(C)(C)C)CC1. The number of nitrogens with zero attached hydrogens (tertiary/aromatic N) is 2. The highest BCUT2D eigenvalue weighted by Gasteiger charge is 2.31. The van der Waals surface area contributed by atoms with Crippen LogP contribution < -0.4 is 4.74 Å². The average Bonchev–Trinajstić information content (AvgIpc) is 2.64. The molecule has 0 aliphatic carbocycles. The second-order valence-electron chi connectivity index (χ2n) is 8.06. The Morgan fingerprint density at radius 1 is 1.19 bits per heavy atom. The number of carbonyl (C=O) groups is 2. The monoisotopic (exact) mass is 376 g/mol. The zero-order chi connectivity index (χ0) is 20.0. The molecule has 0 N–H and O–H groups in total. The van der Waals surface area contributed by atoms with Gasteiger partial charge < -0.3 is 19.3 Å². The highest BCUT2D eigenvalue weighted by Crippen LogP contribution is 2.22. The predicted octanol–water partition coefficient (Wildman–Crippen LogP) is 3.34. The first-order valence-corrected chi connectivity index (χ1v) is 9.56. The molecule has 0 spiro atoms. The molecule has 2 amide bonds.